The van der Waals surface area contributed by atoms with Gasteiger partial charge in [0.25, 0.3) is 0 Å². The van der Waals surface area contributed by atoms with E-state index in [1.54, 1.807) is 36.7 Å². The summed E-state index contributed by atoms with van der Waals surface area (Å²) in [4.78, 5) is 8.92. The lowest BCUT2D eigenvalue weighted by Gasteiger charge is -2.06. The van der Waals surface area contributed by atoms with Gasteiger partial charge >= 0.3 is 0 Å². The maximum Gasteiger partial charge on any atom is 0.124 e. The second-order valence-corrected chi connectivity index (χ2v) is 8.31. The summed E-state index contributed by atoms with van der Waals surface area (Å²) in [6.45, 7) is 0. The number of hydrogen-bond acceptors (Lipinski definition) is 4. The van der Waals surface area contributed by atoms with Gasteiger partial charge in [-0.3, -0.25) is 9.98 Å². The maximum absolute atomic E-state index is 9.87. The first-order chi connectivity index (χ1) is 17.7. The third-order valence-corrected chi connectivity index (χ3v) is 5.87. The number of phenols is 2. The summed E-state index contributed by atoms with van der Waals surface area (Å²) in [5, 5.41) is 19.7. The van der Waals surface area contributed by atoms with Crippen molar-refractivity contribution in [2.45, 2.75) is 0 Å². The first-order valence-corrected chi connectivity index (χ1v) is 11.6. The molecule has 0 aliphatic carbocycles. The van der Waals surface area contributed by atoms with Crippen molar-refractivity contribution in [1.82, 2.24) is 0 Å². The summed E-state index contributed by atoms with van der Waals surface area (Å²) < 4.78 is 0. The van der Waals surface area contributed by atoms with Crippen LogP contribution in [0, 0.1) is 0 Å². The first-order valence-electron chi connectivity index (χ1n) is 11.6. The van der Waals surface area contributed by atoms with Gasteiger partial charge in [-0.1, -0.05) is 72.8 Å². The monoisotopic (exact) mass is 468 g/mol. The molecule has 0 radical (unpaired) electrons. The van der Waals surface area contributed by atoms with Crippen molar-refractivity contribution in [3.05, 3.63) is 132 Å². The molecule has 0 spiro atoms. The van der Waals surface area contributed by atoms with Gasteiger partial charge in [-0.15, -0.1) is 0 Å². The zero-order valence-electron chi connectivity index (χ0n) is 19.5. The molecule has 0 saturated heterocycles. The molecular weight excluding hydrogens is 444 g/mol. The molecule has 36 heavy (non-hydrogen) atoms. The fraction of sp³-hybridized carbons (Fsp3) is 0. The molecule has 0 aromatic heterocycles. The van der Waals surface area contributed by atoms with Crippen LogP contribution in [0.2, 0.25) is 0 Å². The fourth-order valence-corrected chi connectivity index (χ4v) is 3.82. The standard InChI is InChI=1S/C32H24N2O2/c35-31-7-3-1-5-27(31)21-33-29-17-13-25(14-18-29)23-9-11-24(12-10-23)26-15-19-30(20-16-26)34-22-28-6-2-4-8-32(28)36/h1-22,35-36H. The van der Waals surface area contributed by atoms with Gasteiger partial charge in [-0.2, -0.15) is 0 Å². The fourth-order valence-electron chi connectivity index (χ4n) is 3.82. The quantitative estimate of drug-likeness (QED) is 0.249. The maximum atomic E-state index is 9.87. The van der Waals surface area contributed by atoms with E-state index in [9.17, 15) is 10.2 Å². The molecule has 174 valence electrons. The molecule has 2 N–H and O–H groups in total. The molecule has 5 rings (SSSR count). The normalized spacial score (nSPS) is 11.3. The topological polar surface area (TPSA) is 65.2 Å². The summed E-state index contributed by atoms with van der Waals surface area (Å²) in [6.07, 6.45) is 3.34. The lowest BCUT2D eigenvalue weighted by molar-refractivity contribution is 0.474. The van der Waals surface area contributed by atoms with Crippen molar-refractivity contribution in [1.29, 1.82) is 0 Å². The van der Waals surface area contributed by atoms with Crippen molar-refractivity contribution in [2.75, 3.05) is 0 Å². The van der Waals surface area contributed by atoms with Gasteiger partial charge in [0.15, 0.2) is 0 Å². The van der Waals surface area contributed by atoms with Crippen molar-refractivity contribution < 1.29 is 10.2 Å². The highest BCUT2D eigenvalue weighted by Gasteiger charge is 2.02. The van der Waals surface area contributed by atoms with Crippen LogP contribution in [0.5, 0.6) is 11.5 Å². The largest absolute Gasteiger partial charge is 0.507 e. The molecular formula is C32H24N2O2. The van der Waals surface area contributed by atoms with E-state index in [1.165, 1.54) is 0 Å². The minimum absolute atomic E-state index is 0.216. The van der Waals surface area contributed by atoms with E-state index in [2.05, 4.69) is 34.3 Å². The Labute approximate surface area is 210 Å². The van der Waals surface area contributed by atoms with E-state index in [-0.39, 0.29) is 11.5 Å². The van der Waals surface area contributed by atoms with Crippen LogP contribution in [0.1, 0.15) is 11.1 Å². The van der Waals surface area contributed by atoms with Gasteiger partial charge < -0.3 is 10.2 Å². The van der Waals surface area contributed by atoms with E-state index in [0.29, 0.717) is 11.1 Å². The Morgan fingerprint density at radius 2 is 0.694 bits per heavy atom. The van der Waals surface area contributed by atoms with Crippen molar-refractivity contribution in [3.8, 4) is 33.8 Å². The highest BCUT2D eigenvalue weighted by atomic mass is 16.3. The minimum Gasteiger partial charge on any atom is -0.507 e. The molecule has 4 heteroatoms. The third-order valence-electron chi connectivity index (χ3n) is 5.87. The van der Waals surface area contributed by atoms with Crippen LogP contribution in [0.25, 0.3) is 22.3 Å². The number of phenolic OH excluding ortho intramolecular Hbond substituents is 2. The zero-order valence-corrected chi connectivity index (χ0v) is 19.5. The highest BCUT2D eigenvalue weighted by molar-refractivity contribution is 5.86. The Bertz CT molecular complexity index is 1400. The Balaban J connectivity index is 1.26. The number of benzene rings is 5. The lowest BCUT2D eigenvalue weighted by Crippen LogP contribution is -1.82. The molecule has 0 aliphatic heterocycles. The molecule has 0 saturated carbocycles. The van der Waals surface area contributed by atoms with E-state index in [1.807, 2.05) is 72.8 Å². The molecule has 0 fully saturated rings. The Morgan fingerprint density at radius 3 is 1.03 bits per heavy atom. The van der Waals surface area contributed by atoms with Crippen LogP contribution in [0.3, 0.4) is 0 Å². The average molecular weight is 469 g/mol. The number of aromatic hydroxyl groups is 2. The highest BCUT2D eigenvalue weighted by Crippen LogP contribution is 2.28. The third kappa shape index (κ3) is 5.40. The van der Waals surface area contributed by atoms with Gasteiger partial charge in [-0.25, -0.2) is 0 Å². The van der Waals surface area contributed by atoms with Crippen LogP contribution in [-0.2, 0) is 0 Å². The predicted molar refractivity (Wildman–Crippen MR) is 148 cm³/mol. The minimum atomic E-state index is 0.216. The van der Waals surface area contributed by atoms with Gasteiger partial charge in [0.05, 0.1) is 11.4 Å². The molecule has 5 aromatic carbocycles. The first kappa shape index (κ1) is 22.8. The molecule has 4 nitrogen and oxygen atoms in total. The van der Waals surface area contributed by atoms with Crippen molar-refractivity contribution in [2.24, 2.45) is 9.98 Å². The molecule has 0 bridgehead atoms. The second kappa shape index (κ2) is 10.5. The Morgan fingerprint density at radius 1 is 0.389 bits per heavy atom. The van der Waals surface area contributed by atoms with E-state index >= 15 is 0 Å². The average Bonchev–Trinajstić information content (AvgIpc) is 2.93. The number of nitrogens with zero attached hydrogens (tertiary/aromatic N) is 2. The second-order valence-electron chi connectivity index (χ2n) is 8.31. The molecule has 5 aromatic rings. The zero-order chi connectivity index (χ0) is 24.7. The van der Waals surface area contributed by atoms with Gasteiger partial charge in [0, 0.05) is 23.6 Å². The Kier molecular flexibility index (Phi) is 6.68. The molecule has 0 atom stereocenters. The van der Waals surface area contributed by atoms with Crippen LogP contribution >= 0.6 is 0 Å². The van der Waals surface area contributed by atoms with Crippen LogP contribution in [0.4, 0.5) is 11.4 Å². The van der Waals surface area contributed by atoms with Gasteiger partial charge in [0.2, 0.25) is 0 Å². The summed E-state index contributed by atoms with van der Waals surface area (Å²) in [6, 6.07) is 38.8. The van der Waals surface area contributed by atoms with E-state index < -0.39 is 0 Å². The van der Waals surface area contributed by atoms with Crippen molar-refractivity contribution in [3.63, 3.8) is 0 Å². The number of rotatable bonds is 6. The molecule has 0 unspecified atom stereocenters. The smallest absolute Gasteiger partial charge is 0.124 e. The predicted octanol–water partition coefficient (Wildman–Crippen LogP) is 7.93. The summed E-state index contributed by atoms with van der Waals surface area (Å²) >= 11 is 0. The van der Waals surface area contributed by atoms with Crippen LogP contribution < -0.4 is 0 Å². The molecule has 0 aliphatic rings. The number of para-hydroxylation sites is 2. The number of aliphatic imine (C=N–C) groups is 2. The van der Waals surface area contributed by atoms with Gasteiger partial charge in [0.1, 0.15) is 11.5 Å². The summed E-state index contributed by atoms with van der Waals surface area (Å²) in [5.74, 6) is 0.431. The van der Waals surface area contributed by atoms with Gasteiger partial charge in [-0.05, 0) is 70.8 Å². The SMILES string of the molecule is Oc1ccccc1C=Nc1ccc(-c2ccc(-c3ccc(N=Cc4ccccc4O)cc3)cc2)cc1. The van der Waals surface area contributed by atoms with E-state index in [4.69, 9.17) is 0 Å². The Hall–Kier alpha value is -4.96. The number of hydrogen-bond donors (Lipinski definition) is 2. The summed E-state index contributed by atoms with van der Waals surface area (Å²) in [7, 11) is 0. The lowest BCUT2D eigenvalue weighted by atomic mass is 10.00. The van der Waals surface area contributed by atoms with E-state index in [0.717, 1.165) is 33.6 Å². The molecule has 0 heterocycles. The summed E-state index contributed by atoms with van der Waals surface area (Å²) in [5.41, 5.74) is 7.49. The van der Waals surface area contributed by atoms with Crippen LogP contribution in [-0.4, -0.2) is 22.6 Å². The van der Waals surface area contributed by atoms with Crippen LogP contribution in [0.15, 0.2) is 131 Å². The van der Waals surface area contributed by atoms with Crippen molar-refractivity contribution >= 4 is 23.8 Å². The molecule has 0 amide bonds.